The highest BCUT2D eigenvalue weighted by Crippen LogP contribution is 2.32. The highest BCUT2D eigenvalue weighted by atomic mass is 35.5. The van der Waals surface area contributed by atoms with E-state index in [9.17, 15) is 10.1 Å². The van der Waals surface area contributed by atoms with Crippen molar-refractivity contribution in [1.82, 2.24) is 9.97 Å². The predicted molar refractivity (Wildman–Crippen MR) is 64.9 cm³/mol. The van der Waals surface area contributed by atoms with E-state index in [4.69, 9.17) is 21.6 Å². The number of halogens is 1. The van der Waals surface area contributed by atoms with E-state index in [2.05, 4.69) is 9.97 Å². The van der Waals surface area contributed by atoms with Crippen molar-refractivity contribution >= 4 is 17.3 Å². The van der Waals surface area contributed by atoms with Crippen molar-refractivity contribution in [3.8, 4) is 17.7 Å². The molecule has 0 amide bonds. The van der Waals surface area contributed by atoms with Gasteiger partial charge in [-0.05, 0) is 6.07 Å². The number of ether oxygens (including phenoxy) is 1. The quantitative estimate of drug-likeness (QED) is 0.631. The van der Waals surface area contributed by atoms with Crippen molar-refractivity contribution in [1.29, 1.82) is 5.26 Å². The van der Waals surface area contributed by atoms with Gasteiger partial charge in [-0.1, -0.05) is 11.6 Å². The lowest BCUT2D eigenvalue weighted by molar-refractivity contribution is -0.384. The molecule has 0 saturated carbocycles. The van der Waals surface area contributed by atoms with Crippen LogP contribution in [0.5, 0.6) is 11.6 Å². The molecular formula is C11H5ClN4O3. The molecule has 0 spiro atoms. The third kappa shape index (κ3) is 2.75. The minimum absolute atomic E-state index is 0.0351. The van der Waals surface area contributed by atoms with Crippen LogP contribution in [0.15, 0.2) is 30.6 Å². The molecule has 0 fully saturated rings. The van der Waals surface area contributed by atoms with Gasteiger partial charge in [0.2, 0.25) is 5.69 Å². The summed E-state index contributed by atoms with van der Waals surface area (Å²) in [6.45, 7) is 0. The third-order valence-electron chi connectivity index (χ3n) is 2.10. The first-order valence-electron chi connectivity index (χ1n) is 4.94. The Kier molecular flexibility index (Phi) is 3.54. The Morgan fingerprint density at radius 1 is 1.37 bits per heavy atom. The van der Waals surface area contributed by atoms with Crippen molar-refractivity contribution in [3.05, 3.63) is 51.4 Å². The molecule has 0 aliphatic heterocycles. The minimum Gasteiger partial charge on any atom is -0.435 e. The van der Waals surface area contributed by atoms with Gasteiger partial charge in [-0.3, -0.25) is 10.1 Å². The Balaban J connectivity index is 2.41. The molecule has 19 heavy (non-hydrogen) atoms. The molecule has 0 saturated heterocycles. The van der Waals surface area contributed by atoms with Crippen LogP contribution in [-0.4, -0.2) is 14.9 Å². The van der Waals surface area contributed by atoms with E-state index in [1.54, 1.807) is 6.07 Å². The maximum Gasteiger partial charge on any atom is 0.273 e. The minimum atomic E-state index is -0.578. The van der Waals surface area contributed by atoms with Crippen molar-refractivity contribution in [3.63, 3.8) is 0 Å². The highest BCUT2D eigenvalue weighted by Gasteiger charge is 2.14. The Morgan fingerprint density at radius 3 is 2.79 bits per heavy atom. The number of non-ortho nitro benzene ring substituents is 1. The van der Waals surface area contributed by atoms with Gasteiger partial charge >= 0.3 is 0 Å². The van der Waals surface area contributed by atoms with Gasteiger partial charge in [-0.2, -0.15) is 5.26 Å². The SMILES string of the molecule is N#Cc1nccnc1Oc1cc([N+](=O)[O-])ccc1Cl. The molecule has 0 aliphatic carbocycles. The summed E-state index contributed by atoms with van der Waals surface area (Å²) in [7, 11) is 0. The van der Waals surface area contributed by atoms with Crippen LogP contribution in [0.4, 0.5) is 5.69 Å². The zero-order chi connectivity index (χ0) is 13.8. The molecule has 94 valence electrons. The molecule has 2 rings (SSSR count). The lowest BCUT2D eigenvalue weighted by Crippen LogP contribution is -1.95. The zero-order valence-corrected chi connectivity index (χ0v) is 10.0. The second-order valence-electron chi connectivity index (χ2n) is 3.30. The normalized spacial score (nSPS) is 9.68. The van der Waals surface area contributed by atoms with Crippen LogP contribution < -0.4 is 4.74 Å². The van der Waals surface area contributed by atoms with E-state index in [0.717, 1.165) is 6.07 Å². The largest absolute Gasteiger partial charge is 0.435 e. The van der Waals surface area contributed by atoms with Gasteiger partial charge in [0.1, 0.15) is 6.07 Å². The average molecular weight is 277 g/mol. The van der Waals surface area contributed by atoms with Crippen LogP contribution >= 0.6 is 11.6 Å². The number of rotatable bonds is 3. The summed E-state index contributed by atoms with van der Waals surface area (Å²) in [5, 5.41) is 19.7. The fourth-order valence-corrected chi connectivity index (χ4v) is 1.42. The summed E-state index contributed by atoms with van der Waals surface area (Å²) >= 11 is 5.87. The summed E-state index contributed by atoms with van der Waals surface area (Å²) in [5.41, 5.74) is -0.216. The van der Waals surface area contributed by atoms with Gasteiger partial charge in [0.15, 0.2) is 5.75 Å². The number of nitro groups is 1. The monoisotopic (exact) mass is 276 g/mol. The summed E-state index contributed by atoms with van der Waals surface area (Å²) < 4.78 is 5.29. The summed E-state index contributed by atoms with van der Waals surface area (Å²) in [5.74, 6) is -0.0275. The van der Waals surface area contributed by atoms with Gasteiger partial charge in [0, 0.05) is 18.5 Å². The molecule has 8 heteroatoms. The van der Waals surface area contributed by atoms with Gasteiger partial charge < -0.3 is 4.74 Å². The third-order valence-corrected chi connectivity index (χ3v) is 2.42. The number of hydrogen-bond acceptors (Lipinski definition) is 6. The maximum absolute atomic E-state index is 10.7. The Hall–Kier alpha value is -2.72. The first-order valence-corrected chi connectivity index (χ1v) is 5.32. The van der Waals surface area contributed by atoms with Gasteiger partial charge in [-0.15, -0.1) is 0 Å². The average Bonchev–Trinajstić information content (AvgIpc) is 2.41. The molecule has 0 N–H and O–H groups in total. The van der Waals surface area contributed by atoms with Crippen LogP contribution in [0.3, 0.4) is 0 Å². The van der Waals surface area contributed by atoms with E-state index >= 15 is 0 Å². The number of nitriles is 1. The number of nitro benzene ring substituents is 1. The van der Waals surface area contributed by atoms with Gasteiger partial charge in [-0.25, -0.2) is 9.97 Å². The second kappa shape index (κ2) is 5.29. The topological polar surface area (TPSA) is 102 Å². The zero-order valence-electron chi connectivity index (χ0n) is 9.28. The number of hydrogen-bond donors (Lipinski definition) is 0. The van der Waals surface area contributed by atoms with Crippen LogP contribution in [0.1, 0.15) is 5.69 Å². The standard InChI is InChI=1S/C11H5ClN4O3/c12-8-2-1-7(16(17)18)5-10(8)19-11-9(6-13)14-3-4-15-11/h1-5H. The van der Waals surface area contributed by atoms with Gasteiger partial charge in [0.05, 0.1) is 16.0 Å². The van der Waals surface area contributed by atoms with Crippen LogP contribution in [-0.2, 0) is 0 Å². The number of aromatic nitrogens is 2. The lowest BCUT2D eigenvalue weighted by Gasteiger charge is -2.06. The van der Waals surface area contributed by atoms with E-state index in [1.807, 2.05) is 0 Å². The molecule has 0 unspecified atom stereocenters. The van der Waals surface area contributed by atoms with Crippen molar-refractivity contribution < 1.29 is 9.66 Å². The fourth-order valence-electron chi connectivity index (χ4n) is 1.26. The molecule has 0 bridgehead atoms. The maximum atomic E-state index is 10.7. The van der Waals surface area contributed by atoms with Crippen molar-refractivity contribution in [2.45, 2.75) is 0 Å². The van der Waals surface area contributed by atoms with E-state index in [-0.39, 0.29) is 28.0 Å². The highest BCUT2D eigenvalue weighted by molar-refractivity contribution is 6.32. The molecule has 0 atom stereocenters. The molecular weight excluding hydrogens is 272 g/mol. The van der Waals surface area contributed by atoms with Crippen LogP contribution in [0, 0.1) is 21.4 Å². The molecule has 7 nitrogen and oxygen atoms in total. The van der Waals surface area contributed by atoms with Crippen molar-refractivity contribution in [2.75, 3.05) is 0 Å². The van der Waals surface area contributed by atoms with E-state index in [0.29, 0.717) is 0 Å². The molecule has 1 heterocycles. The second-order valence-corrected chi connectivity index (χ2v) is 3.70. The summed E-state index contributed by atoms with van der Waals surface area (Å²) in [4.78, 5) is 17.7. The first kappa shape index (κ1) is 12.7. The molecule has 1 aromatic carbocycles. The fraction of sp³-hybridized carbons (Fsp3) is 0. The molecule has 0 radical (unpaired) electrons. The number of nitrogens with zero attached hydrogens (tertiary/aromatic N) is 4. The first-order chi connectivity index (χ1) is 9.11. The van der Waals surface area contributed by atoms with Crippen LogP contribution in [0.25, 0.3) is 0 Å². The Morgan fingerprint density at radius 2 is 2.11 bits per heavy atom. The summed E-state index contributed by atoms with van der Waals surface area (Å²) in [6.07, 6.45) is 2.67. The lowest BCUT2D eigenvalue weighted by atomic mass is 10.3. The van der Waals surface area contributed by atoms with Gasteiger partial charge in [0.25, 0.3) is 11.6 Å². The van der Waals surface area contributed by atoms with E-state index < -0.39 is 4.92 Å². The van der Waals surface area contributed by atoms with Crippen LogP contribution in [0.2, 0.25) is 5.02 Å². The van der Waals surface area contributed by atoms with Crippen molar-refractivity contribution in [2.24, 2.45) is 0 Å². The molecule has 1 aromatic heterocycles. The summed E-state index contributed by atoms with van der Waals surface area (Å²) in [6, 6.07) is 5.53. The molecule has 2 aromatic rings. The smallest absolute Gasteiger partial charge is 0.273 e. The van der Waals surface area contributed by atoms with E-state index in [1.165, 1.54) is 24.5 Å². The Bertz CT molecular complexity index is 684. The predicted octanol–water partition coefficient (Wildman–Crippen LogP) is 2.70. The Labute approximate surface area is 112 Å². The molecule has 0 aliphatic rings. The number of benzene rings is 1.